The van der Waals surface area contributed by atoms with Crippen LogP contribution in [0.4, 0.5) is 8.78 Å². The highest BCUT2D eigenvalue weighted by molar-refractivity contribution is 9.10. The zero-order chi connectivity index (χ0) is 13.5. The van der Waals surface area contributed by atoms with Crippen molar-refractivity contribution in [2.75, 3.05) is 6.54 Å². The largest absolute Gasteiger partial charge is 0.434 e. The van der Waals surface area contributed by atoms with Crippen molar-refractivity contribution < 1.29 is 18.6 Å². The van der Waals surface area contributed by atoms with Crippen molar-refractivity contribution in [1.29, 1.82) is 0 Å². The van der Waals surface area contributed by atoms with Crippen LogP contribution in [0.15, 0.2) is 22.7 Å². The van der Waals surface area contributed by atoms with Gasteiger partial charge in [0.2, 0.25) is 0 Å². The van der Waals surface area contributed by atoms with Crippen molar-refractivity contribution in [3.8, 4) is 5.75 Å². The molecule has 1 rings (SSSR count). The number of nitrogens with one attached hydrogen (secondary N) is 1. The molecule has 1 atom stereocenters. The molecule has 1 unspecified atom stereocenters. The molecule has 2 N–H and O–H groups in total. The number of rotatable bonds is 7. The van der Waals surface area contributed by atoms with Crippen molar-refractivity contribution in [2.24, 2.45) is 0 Å². The molecule has 0 bridgehead atoms. The fourth-order valence-corrected chi connectivity index (χ4v) is 1.84. The molecule has 0 saturated heterocycles. The van der Waals surface area contributed by atoms with Gasteiger partial charge in [-0.1, -0.05) is 15.9 Å². The summed E-state index contributed by atoms with van der Waals surface area (Å²) in [4.78, 5) is 0. The Morgan fingerprint density at radius 1 is 1.44 bits per heavy atom. The third kappa shape index (κ3) is 5.75. The third-order valence-electron chi connectivity index (χ3n) is 2.29. The summed E-state index contributed by atoms with van der Waals surface area (Å²) < 4.78 is 29.7. The second-order valence-electron chi connectivity index (χ2n) is 3.95. The van der Waals surface area contributed by atoms with Crippen LogP contribution in [-0.2, 0) is 6.54 Å². The monoisotopic (exact) mass is 323 g/mol. The van der Waals surface area contributed by atoms with Gasteiger partial charge in [-0.25, -0.2) is 0 Å². The van der Waals surface area contributed by atoms with Gasteiger partial charge in [0.1, 0.15) is 5.75 Å². The van der Waals surface area contributed by atoms with Gasteiger partial charge in [0, 0.05) is 16.6 Å². The SMILES string of the molecule is CC(O)CCNCc1cc(Br)ccc1OC(F)F. The first-order chi connectivity index (χ1) is 8.49. The van der Waals surface area contributed by atoms with Crippen LogP contribution in [0, 0.1) is 0 Å². The molecule has 0 saturated carbocycles. The maximum Gasteiger partial charge on any atom is 0.387 e. The number of ether oxygens (including phenoxy) is 1. The van der Waals surface area contributed by atoms with Crippen LogP contribution in [0.2, 0.25) is 0 Å². The summed E-state index contributed by atoms with van der Waals surface area (Å²) in [6.07, 6.45) is 0.232. The highest BCUT2D eigenvalue weighted by Gasteiger charge is 2.10. The Balaban J connectivity index is 2.58. The van der Waals surface area contributed by atoms with Crippen LogP contribution in [0.3, 0.4) is 0 Å². The Labute approximate surface area is 113 Å². The Bertz CT molecular complexity index is 375. The summed E-state index contributed by atoms with van der Waals surface area (Å²) in [5.74, 6) is 0.165. The molecule has 1 aromatic carbocycles. The van der Waals surface area contributed by atoms with Crippen molar-refractivity contribution in [3.05, 3.63) is 28.2 Å². The van der Waals surface area contributed by atoms with E-state index in [1.807, 2.05) is 0 Å². The van der Waals surface area contributed by atoms with Gasteiger partial charge in [0.25, 0.3) is 0 Å². The fraction of sp³-hybridized carbons (Fsp3) is 0.500. The first-order valence-electron chi connectivity index (χ1n) is 5.61. The topological polar surface area (TPSA) is 41.5 Å². The van der Waals surface area contributed by atoms with Gasteiger partial charge in [-0.05, 0) is 38.1 Å². The van der Waals surface area contributed by atoms with Crippen LogP contribution >= 0.6 is 15.9 Å². The summed E-state index contributed by atoms with van der Waals surface area (Å²) in [6.45, 7) is -0.110. The van der Waals surface area contributed by atoms with E-state index in [1.165, 1.54) is 6.07 Å². The first-order valence-corrected chi connectivity index (χ1v) is 6.40. The number of benzene rings is 1. The molecular formula is C12H16BrF2NO2. The molecule has 0 aromatic heterocycles. The van der Waals surface area contributed by atoms with Crippen molar-refractivity contribution in [2.45, 2.75) is 32.6 Å². The van der Waals surface area contributed by atoms with Crippen molar-refractivity contribution in [1.82, 2.24) is 5.32 Å². The summed E-state index contributed by atoms with van der Waals surface area (Å²) in [7, 11) is 0. The standard InChI is InChI=1S/C12H16BrF2NO2/c1-8(17)4-5-16-7-9-6-10(13)2-3-11(9)18-12(14)15/h2-3,6,8,12,16-17H,4-5,7H2,1H3. The second-order valence-corrected chi connectivity index (χ2v) is 4.86. The Morgan fingerprint density at radius 2 is 2.17 bits per heavy atom. The molecule has 6 heteroatoms. The summed E-state index contributed by atoms with van der Waals surface area (Å²) in [6, 6.07) is 4.88. The predicted octanol–water partition coefficient (Wildman–Crippen LogP) is 2.91. The van der Waals surface area contributed by atoms with E-state index in [0.717, 1.165) is 4.47 Å². The van der Waals surface area contributed by atoms with E-state index in [-0.39, 0.29) is 11.9 Å². The summed E-state index contributed by atoms with van der Waals surface area (Å²) in [5, 5.41) is 12.2. The second kappa shape index (κ2) is 7.66. The molecule has 0 radical (unpaired) electrons. The molecule has 0 aliphatic heterocycles. The lowest BCUT2D eigenvalue weighted by molar-refractivity contribution is -0.0505. The van der Waals surface area contributed by atoms with Gasteiger partial charge in [-0.2, -0.15) is 8.78 Å². The van der Waals surface area contributed by atoms with E-state index in [9.17, 15) is 8.78 Å². The van der Waals surface area contributed by atoms with Gasteiger partial charge in [-0.15, -0.1) is 0 Å². The number of halogens is 3. The minimum atomic E-state index is -2.83. The maximum atomic E-state index is 12.2. The lowest BCUT2D eigenvalue weighted by Gasteiger charge is -2.12. The average Bonchev–Trinajstić information content (AvgIpc) is 2.27. The molecule has 3 nitrogen and oxygen atoms in total. The third-order valence-corrected chi connectivity index (χ3v) is 2.79. The molecule has 0 spiro atoms. The van der Waals surface area contributed by atoms with Gasteiger partial charge >= 0.3 is 6.61 Å². The molecular weight excluding hydrogens is 308 g/mol. The Kier molecular flexibility index (Phi) is 6.52. The quantitative estimate of drug-likeness (QED) is 0.758. The zero-order valence-electron chi connectivity index (χ0n) is 10.00. The number of aliphatic hydroxyl groups is 1. The van der Waals surface area contributed by atoms with E-state index < -0.39 is 6.61 Å². The van der Waals surface area contributed by atoms with E-state index >= 15 is 0 Å². The molecule has 0 amide bonds. The average molecular weight is 324 g/mol. The Morgan fingerprint density at radius 3 is 2.78 bits per heavy atom. The molecule has 1 aromatic rings. The highest BCUT2D eigenvalue weighted by Crippen LogP contribution is 2.24. The van der Waals surface area contributed by atoms with E-state index in [2.05, 4.69) is 26.0 Å². The van der Waals surface area contributed by atoms with Crippen molar-refractivity contribution >= 4 is 15.9 Å². The Hall–Kier alpha value is -0.720. The van der Waals surface area contributed by atoms with Crippen LogP contribution < -0.4 is 10.1 Å². The molecule has 102 valence electrons. The van der Waals surface area contributed by atoms with Gasteiger partial charge in [0.05, 0.1) is 6.10 Å². The van der Waals surface area contributed by atoms with Gasteiger partial charge < -0.3 is 15.2 Å². The molecule has 0 aliphatic rings. The lowest BCUT2D eigenvalue weighted by atomic mass is 10.2. The molecule has 0 fully saturated rings. The van der Waals surface area contributed by atoms with E-state index in [0.29, 0.717) is 25.1 Å². The summed E-state index contributed by atoms with van der Waals surface area (Å²) in [5.41, 5.74) is 0.648. The number of hydrogen-bond acceptors (Lipinski definition) is 3. The smallest absolute Gasteiger partial charge is 0.387 e. The van der Waals surface area contributed by atoms with E-state index in [1.54, 1.807) is 19.1 Å². The van der Waals surface area contributed by atoms with Crippen LogP contribution in [-0.4, -0.2) is 24.4 Å². The first kappa shape index (κ1) is 15.3. The molecule has 0 heterocycles. The van der Waals surface area contributed by atoms with Crippen LogP contribution in [0.5, 0.6) is 5.75 Å². The summed E-state index contributed by atoms with van der Waals surface area (Å²) >= 11 is 3.28. The van der Waals surface area contributed by atoms with Crippen molar-refractivity contribution in [3.63, 3.8) is 0 Å². The number of aliphatic hydroxyl groups excluding tert-OH is 1. The molecule has 0 aliphatic carbocycles. The maximum absolute atomic E-state index is 12.2. The number of hydrogen-bond donors (Lipinski definition) is 2. The number of alkyl halides is 2. The van der Waals surface area contributed by atoms with Gasteiger partial charge in [-0.3, -0.25) is 0 Å². The van der Waals surface area contributed by atoms with Crippen LogP contribution in [0.1, 0.15) is 18.9 Å². The minimum absolute atomic E-state index is 0.165. The minimum Gasteiger partial charge on any atom is -0.434 e. The zero-order valence-corrected chi connectivity index (χ0v) is 11.6. The fourth-order valence-electron chi connectivity index (χ4n) is 1.43. The molecule has 18 heavy (non-hydrogen) atoms. The highest BCUT2D eigenvalue weighted by atomic mass is 79.9. The lowest BCUT2D eigenvalue weighted by Crippen LogP contribution is -2.19. The van der Waals surface area contributed by atoms with E-state index in [4.69, 9.17) is 5.11 Å². The van der Waals surface area contributed by atoms with Crippen LogP contribution in [0.25, 0.3) is 0 Å². The van der Waals surface area contributed by atoms with Gasteiger partial charge in [0.15, 0.2) is 0 Å². The normalized spacial score (nSPS) is 12.8. The predicted molar refractivity (Wildman–Crippen MR) is 68.8 cm³/mol.